The van der Waals surface area contributed by atoms with Crippen LogP contribution in [0.2, 0.25) is 0 Å². The molecule has 20 heavy (non-hydrogen) atoms. The minimum absolute atomic E-state index is 0.720. The van der Waals surface area contributed by atoms with Crippen LogP contribution in [0.1, 0.15) is 83.7 Å². The minimum Gasteiger partial charge on any atom is -0.384 e. The molecular formula is C18H31NO. The number of aromatic nitrogens is 1. The molecule has 1 N–H and O–H groups in total. The molecule has 114 valence electrons. The fourth-order valence-corrected chi connectivity index (χ4v) is 2.71. The van der Waals surface area contributed by atoms with Crippen molar-refractivity contribution in [3.05, 3.63) is 30.1 Å². The Morgan fingerprint density at radius 3 is 1.95 bits per heavy atom. The predicted molar refractivity (Wildman–Crippen MR) is 85.7 cm³/mol. The summed E-state index contributed by atoms with van der Waals surface area (Å²) in [6.07, 6.45) is 13.1. The zero-order valence-corrected chi connectivity index (χ0v) is 13.3. The van der Waals surface area contributed by atoms with E-state index < -0.39 is 5.60 Å². The number of rotatable bonds is 11. The van der Waals surface area contributed by atoms with Crippen LogP contribution in [0.25, 0.3) is 0 Å². The Balaban J connectivity index is 2.57. The van der Waals surface area contributed by atoms with Crippen molar-refractivity contribution in [2.45, 2.75) is 83.7 Å². The standard InChI is InChI=1S/C18H31NO/c1-3-5-7-10-14-18(20,15-11-8-6-4-2)17-13-9-12-16-19-17/h9,12-13,16,20H,3-8,10-11,14-15H2,1-2H3. The van der Waals surface area contributed by atoms with Crippen molar-refractivity contribution in [1.82, 2.24) is 4.98 Å². The Hall–Kier alpha value is -0.890. The largest absolute Gasteiger partial charge is 0.384 e. The Morgan fingerprint density at radius 1 is 0.900 bits per heavy atom. The van der Waals surface area contributed by atoms with Crippen LogP contribution in [0.15, 0.2) is 24.4 Å². The van der Waals surface area contributed by atoms with Gasteiger partial charge < -0.3 is 5.11 Å². The molecule has 2 heteroatoms. The maximum Gasteiger partial charge on any atom is 0.106 e. The van der Waals surface area contributed by atoms with Gasteiger partial charge in [-0.3, -0.25) is 4.98 Å². The van der Waals surface area contributed by atoms with Crippen LogP contribution >= 0.6 is 0 Å². The summed E-state index contributed by atoms with van der Waals surface area (Å²) < 4.78 is 0. The topological polar surface area (TPSA) is 33.1 Å². The van der Waals surface area contributed by atoms with E-state index in [9.17, 15) is 5.11 Å². The van der Waals surface area contributed by atoms with E-state index >= 15 is 0 Å². The molecule has 0 aliphatic heterocycles. The predicted octanol–water partition coefficient (Wildman–Crippen LogP) is 5.21. The van der Waals surface area contributed by atoms with E-state index in [0.717, 1.165) is 31.4 Å². The molecule has 1 aromatic heterocycles. The molecule has 0 amide bonds. The smallest absolute Gasteiger partial charge is 0.106 e. The zero-order valence-electron chi connectivity index (χ0n) is 13.3. The summed E-state index contributed by atoms with van der Waals surface area (Å²) in [5.74, 6) is 0. The summed E-state index contributed by atoms with van der Waals surface area (Å²) in [4.78, 5) is 4.40. The highest BCUT2D eigenvalue weighted by Gasteiger charge is 2.29. The SMILES string of the molecule is CCCCCCC(O)(CCCCCC)c1ccccn1. The van der Waals surface area contributed by atoms with Gasteiger partial charge >= 0.3 is 0 Å². The van der Waals surface area contributed by atoms with Crippen LogP contribution in [0.4, 0.5) is 0 Å². The normalized spacial score (nSPS) is 11.8. The summed E-state index contributed by atoms with van der Waals surface area (Å²) in [5, 5.41) is 11.0. The summed E-state index contributed by atoms with van der Waals surface area (Å²) in [5.41, 5.74) is 0.135. The van der Waals surface area contributed by atoms with E-state index in [1.165, 1.54) is 38.5 Å². The Morgan fingerprint density at radius 2 is 1.50 bits per heavy atom. The molecule has 0 unspecified atom stereocenters. The van der Waals surface area contributed by atoms with Crippen LogP contribution in [0.3, 0.4) is 0 Å². The van der Waals surface area contributed by atoms with Crippen molar-refractivity contribution >= 4 is 0 Å². The number of nitrogens with zero attached hydrogens (tertiary/aromatic N) is 1. The molecule has 0 spiro atoms. The molecule has 0 fully saturated rings. The Labute approximate surface area is 124 Å². The second-order valence-electron chi connectivity index (χ2n) is 5.87. The van der Waals surface area contributed by atoms with E-state index in [1.807, 2.05) is 18.2 Å². The van der Waals surface area contributed by atoms with Crippen molar-refractivity contribution in [3.8, 4) is 0 Å². The molecule has 0 aromatic carbocycles. The highest BCUT2D eigenvalue weighted by Crippen LogP contribution is 2.31. The molecule has 0 bridgehead atoms. The maximum absolute atomic E-state index is 11.0. The summed E-state index contributed by atoms with van der Waals surface area (Å²) >= 11 is 0. The van der Waals surface area contributed by atoms with Gasteiger partial charge in [0.05, 0.1) is 5.69 Å². The van der Waals surface area contributed by atoms with E-state index in [0.29, 0.717) is 0 Å². The molecule has 2 nitrogen and oxygen atoms in total. The Bertz CT molecular complexity index is 325. The number of hydrogen-bond donors (Lipinski definition) is 1. The quantitative estimate of drug-likeness (QED) is 0.563. The van der Waals surface area contributed by atoms with Gasteiger partial charge in [-0.1, -0.05) is 71.3 Å². The van der Waals surface area contributed by atoms with Crippen molar-refractivity contribution in [2.75, 3.05) is 0 Å². The lowest BCUT2D eigenvalue weighted by atomic mass is 9.86. The average molecular weight is 277 g/mol. The van der Waals surface area contributed by atoms with Crippen LogP contribution in [0, 0.1) is 0 Å². The molecule has 1 rings (SSSR count). The van der Waals surface area contributed by atoms with Gasteiger partial charge in [0, 0.05) is 6.20 Å². The number of hydrogen-bond acceptors (Lipinski definition) is 2. The molecule has 1 aromatic rings. The van der Waals surface area contributed by atoms with Crippen molar-refractivity contribution in [3.63, 3.8) is 0 Å². The second-order valence-corrected chi connectivity index (χ2v) is 5.87. The van der Waals surface area contributed by atoms with Crippen LogP contribution in [0.5, 0.6) is 0 Å². The zero-order chi connectivity index (χ0) is 14.7. The van der Waals surface area contributed by atoms with Crippen LogP contribution < -0.4 is 0 Å². The molecular weight excluding hydrogens is 246 g/mol. The maximum atomic E-state index is 11.0. The molecule has 1 heterocycles. The lowest BCUT2D eigenvalue weighted by Gasteiger charge is -2.28. The molecule has 0 atom stereocenters. The first-order valence-electron chi connectivity index (χ1n) is 8.37. The van der Waals surface area contributed by atoms with Gasteiger partial charge in [0.25, 0.3) is 0 Å². The van der Waals surface area contributed by atoms with Gasteiger partial charge in [-0.15, -0.1) is 0 Å². The second kappa shape index (κ2) is 9.93. The first-order chi connectivity index (χ1) is 9.73. The minimum atomic E-state index is -0.720. The van der Waals surface area contributed by atoms with E-state index in [-0.39, 0.29) is 0 Å². The third-order valence-corrected chi connectivity index (χ3v) is 4.03. The molecule has 0 radical (unpaired) electrons. The lowest BCUT2D eigenvalue weighted by Crippen LogP contribution is -2.27. The van der Waals surface area contributed by atoms with E-state index in [1.54, 1.807) is 6.20 Å². The summed E-state index contributed by atoms with van der Waals surface area (Å²) in [7, 11) is 0. The van der Waals surface area contributed by atoms with E-state index in [4.69, 9.17) is 0 Å². The van der Waals surface area contributed by atoms with Gasteiger partial charge in [0.15, 0.2) is 0 Å². The molecule has 0 aliphatic carbocycles. The van der Waals surface area contributed by atoms with Crippen LogP contribution in [-0.4, -0.2) is 10.1 Å². The van der Waals surface area contributed by atoms with Crippen molar-refractivity contribution in [2.24, 2.45) is 0 Å². The monoisotopic (exact) mass is 277 g/mol. The van der Waals surface area contributed by atoms with Crippen LogP contribution in [-0.2, 0) is 5.60 Å². The highest BCUT2D eigenvalue weighted by atomic mass is 16.3. The fourth-order valence-electron chi connectivity index (χ4n) is 2.71. The molecule has 0 aliphatic rings. The van der Waals surface area contributed by atoms with Crippen molar-refractivity contribution < 1.29 is 5.11 Å². The first kappa shape index (κ1) is 17.2. The number of pyridine rings is 1. The van der Waals surface area contributed by atoms with Gasteiger partial charge in [-0.05, 0) is 25.0 Å². The Kier molecular flexibility index (Phi) is 8.52. The lowest BCUT2D eigenvalue weighted by molar-refractivity contribution is 0.00910. The molecule has 0 saturated heterocycles. The first-order valence-corrected chi connectivity index (χ1v) is 8.37. The third kappa shape index (κ3) is 6.04. The van der Waals surface area contributed by atoms with Crippen molar-refractivity contribution in [1.29, 1.82) is 0 Å². The highest BCUT2D eigenvalue weighted by molar-refractivity contribution is 5.12. The van der Waals surface area contributed by atoms with Gasteiger partial charge in [0.2, 0.25) is 0 Å². The molecule has 0 saturated carbocycles. The van der Waals surface area contributed by atoms with Gasteiger partial charge in [0.1, 0.15) is 5.60 Å². The summed E-state index contributed by atoms with van der Waals surface area (Å²) in [6, 6.07) is 5.86. The number of unbranched alkanes of at least 4 members (excludes halogenated alkanes) is 6. The van der Waals surface area contributed by atoms with Gasteiger partial charge in [-0.25, -0.2) is 0 Å². The average Bonchev–Trinajstić information content (AvgIpc) is 2.49. The fraction of sp³-hybridized carbons (Fsp3) is 0.722. The van der Waals surface area contributed by atoms with E-state index in [2.05, 4.69) is 18.8 Å². The van der Waals surface area contributed by atoms with Gasteiger partial charge in [-0.2, -0.15) is 0 Å². The number of aliphatic hydroxyl groups is 1. The third-order valence-electron chi connectivity index (χ3n) is 4.03. The summed E-state index contributed by atoms with van der Waals surface area (Å²) in [6.45, 7) is 4.44.